The Labute approximate surface area is 67.3 Å². The van der Waals surface area contributed by atoms with Crippen LogP contribution in [0.3, 0.4) is 0 Å². The Hall–Kier alpha value is -0.360. The normalized spacial score (nSPS) is 24.5. The average Bonchev–Trinajstić information content (AvgIpc) is 2.55. The molecule has 0 bridgehead atoms. The van der Waals surface area contributed by atoms with E-state index in [-0.39, 0.29) is 13.5 Å². The van der Waals surface area contributed by atoms with Crippen LogP contribution in [0, 0.1) is 0 Å². The SMILES string of the molecule is O=C1OCCC1=[P+]1CCCC1. The molecule has 2 fully saturated rings. The van der Waals surface area contributed by atoms with Gasteiger partial charge in [-0.25, -0.2) is 4.79 Å². The fourth-order valence-corrected chi connectivity index (χ4v) is 4.40. The van der Waals surface area contributed by atoms with Gasteiger partial charge in [-0.1, -0.05) is 0 Å². The molecule has 0 amide bonds. The van der Waals surface area contributed by atoms with Crippen molar-refractivity contribution in [1.29, 1.82) is 0 Å². The highest BCUT2D eigenvalue weighted by atomic mass is 31.1. The number of esters is 1. The molecule has 0 unspecified atom stereocenters. The van der Waals surface area contributed by atoms with Gasteiger partial charge in [0, 0.05) is 0 Å². The highest BCUT2D eigenvalue weighted by Crippen LogP contribution is 2.37. The van der Waals surface area contributed by atoms with Crippen molar-refractivity contribution in [1.82, 2.24) is 0 Å². The molecular weight excluding hydrogens is 159 g/mol. The van der Waals surface area contributed by atoms with Crippen molar-refractivity contribution < 1.29 is 9.53 Å². The van der Waals surface area contributed by atoms with Gasteiger partial charge in [-0.15, -0.1) is 0 Å². The summed E-state index contributed by atoms with van der Waals surface area (Å²) in [6, 6.07) is 0. The number of hydrogen-bond donors (Lipinski definition) is 0. The summed E-state index contributed by atoms with van der Waals surface area (Å²) in [5.41, 5.74) is 0. The summed E-state index contributed by atoms with van der Waals surface area (Å²) in [7, 11) is -0.0435. The second-order valence-corrected chi connectivity index (χ2v) is 5.54. The van der Waals surface area contributed by atoms with E-state index in [1.165, 1.54) is 25.2 Å². The lowest BCUT2D eigenvalue weighted by Gasteiger charge is -1.85. The Morgan fingerprint density at radius 1 is 1.27 bits per heavy atom. The number of ether oxygens (including phenoxy) is 1. The fourth-order valence-electron chi connectivity index (χ4n) is 1.70. The lowest BCUT2D eigenvalue weighted by molar-refractivity contribution is -0.132. The van der Waals surface area contributed by atoms with Crippen molar-refractivity contribution in [2.75, 3.05) is 18.9 Å². The number of hydrogen-bond acceptors (Lipinski definition) is 2. The Bertz CT molecular complexity index is 212. The minimum Gasteiger partial charge on any atom is -0.459 e. The monoisotopic (exact) mass is 171 g/mol. The summed E-state index contributed by atoms with van der Waals surface area (Å²) >= 11 is 0. The van der Waals surface area contributed by atoms with Crippen LogP contribution in [0.4, 0.5) is 0 Å². The van der Waals surface area contributed by atoms with Crippen molar-refractivity contribution in [3.8, 4) is 0 Å². The van der Waals surface area contributed by atoms with E-state index >= 15 is 0 Å². The summed E-state index contributed by atoms with van der Waals surface area (Å²) in [4.78, 5) is 11.1. The molecule has 0 aromatic carbocycles. The van der Waals surface area contributed by atoms with E-state index in [0.717, 1.165) is 11.7 Å². The van der Waals surface area contributed by atoms with Crippen molar-refractivity contribution in [2.24, 2.45) is 0 Å². The molecular formula is C8H12O2P+. The zero-order chi connectivity index (χ0) is 7.68. The first-order valence-corrected chi connectivity index (χ1v) is 5.87. The third-order valence-corrected chi connectivity index (χ3v) is 5.18. The first kappa shape index (κ1) is 7.30. The molecule has 0 saturated carbocycles. The maximum Gasteiger partial charge on any atom is 0.376 e. The van der Waals surface area contributed by atoms with Crippen LogP contribution in [0.15, 0.2) is 0 Å². The Kier molecular flexibility index (Phi) is 1.95. The second-order valence-electron chi connectivity index (χ2n) is 3.03. The van der Waals surface area contributed by atoms with Crippen molar-refractivity contribution in [3.05, 3.63) is 0 Å². The lowest BCUT2D eigenvalue weighted by Crippen LogP contribution is -2.05. The zero-order valence-electron chi connectivity index (χ0n) is 6.51. The average molecular weight is 171 g/mol. The molecule has 2 aliphatic heterocycles. The lowest BCUT2D eigenvalue weighted by atomic mass is 10.4. The number of cyclic esters (lactones) is 1. The van der Waals surface area contributed by atoms with E-state index < -0.39 is 0 Å². The standard InChI is InChI=1S/C8H12O2P/c9-8-7(3-4-10-8)11-5-1-2-6-11/h1-6H2/q+1. The van der Waals surface area contributed by atoms with Gasteiger partial charge in [0.05, 0.1) is 13.0 Å². The number of rotatable bonds is 0. The molecule has 0 aliphatic carbocycles. The summed E-state index contributed by atoms with van der Waals surface area (Å²) < 4.78 is 4.92. The van der Waals surface area contributed by atoms with Gasteiger partial charge in [-0.05, 0) is 12.8 Å². The molecule has 0 aromatic heterocycles. The quantitative estimate of drug-likeness (QED) is 0.406. The van der Waals surface area contributed by atoms with Crippen molar-refractivity contribution in [2.45, 2.75) is 19.3 Å². The maximum atomic E-state index is 11.1. The molecule has 0 N–H and O–H groups in total. The molecule has 2 saturated heterocycles. The van der Waals surface area contributed by atoms with Crippen LogP contribution >= 0.6 is 7.55 Å². The van der Waals surface area contributed by atoms with Crippen LogP contribution in [0.5, 0.6) is 0 Å². The Balaban J connectivity index is 2.23. The van der Waals surface area contributed by atoms with E-state index in [1.807, 2.05) is 0 Å². The summed E-state index contributed by atoms with van der Waals surface area (Å²) in [5, 5.41) is 1.14. The van der Waals surface area contributed by atoms with Gasteiger partial charge in [0.2, 0.25) is 5.29 Å². The summed E-state index contributed by atoms with van der Waals surface area (Å²) in [5.74, 6) is 0.0120. The maximum absolute atomic E-state index is 11.1. The van der Waals surface area contributed by atoms with E-state index in [1.54, 1.807) is 0 Å². The smallest absolute Gasteiger partial charge is 0.376 e. The molecule has 11 heavy (non-hydrogen) atoms. The van der Waals surface area contributed by atoms with Crippen molar-refractivity contribution >= 4 is 18.8 Å². The minimum atomic E-state index is -0.0435. The molecule has 0 radical (unpaired) electrons. The van der Waals surface area contributed by atoms with Gasteiger partial charge < -0.3 is 4.74 Å². The molecule has 0 aromatic rings. The van der Waals surface area contributed by atoms with Gasteiger partial charge in [-0.2, -0.15) is 0 Å². The molecule has 2 rings (SSSR count). The van der Waals surface area contributed by atoms with Crippen LogP contribution in [-0.4, -0.2) is 30.2 Å². The van der Waals surface area contributed by atoms with E-state index in [2.05, 4.69) is 0 Å². The molecule has 60 valence electrons. The Morgan fingerprint density at radius 3 is 2.55 bits per heavy atom. The second kappa shape index (κ2) is 2.94. The Morgan fingerprint density at radius 2 is 2.00 bits per heavy atom. The fraction of sp³-hybridized carbons (Fsp3) is 0.750. The summed E-state index contributed by atoms with van der Waals surface area (Å²) in [6.07, 6.45) is 6.12. The summed E-state index contributed by atoms with van der Waals surface area (Å²) in [6.45, 7) is 0.646. The van der Waals surface area contributed by atoms with Gasteiger partial charge >= 0.3 is 5.97 Å². The third-order valence-electron chi connectivity index (χ3n) is 2.30. The van der Waals surface area contributed by atoms with Gasteiger partial charge in [0.1, 0.15) is 19.9 Å². The van der Waals surface area contributed by atoms with E-state index in [0.29, 0.717) is 6.61 Å². The first-order valence-electron chi connectivity index (χ1n) is 4.16. The molecule has 2 aliphatic rings. The molecule has 2 heterocycles. The van der Waals surface area contributed by atoms with Gasteiger partial charge in [-0.3, -0.25) is 0 Å². The molecule has 0 atom stereocenters. The van der Waals surface area contributed by atoms with E-state index in [9.17, 15) is 4.79 Å². The van der Waals surface area contributed by atoms with Crippen LogP contribution < -0.4 is 0 Å². The minimum absolute atomic E-state index is 0.0120. The van der Waals surface area contributed by atoms with Crippen LogP contribution in [-0.2, 0) is 9.53 Å². The highest BCUT2D eigenvalue weighted by molar-refractivity contribution is 7.61. The third kappa shape index (κ3) is 1.32. The van der Waals surface area contributed by atoms with Gasteiger partial charge in [0.15, 0.2) is 0 Å². The van der Waals surface area contributed by atoms with Crippen LogP contribution in [0.2, 0.25) is 0 Å². The number of carbonyl (C=O) groups excluding carboxylic acids is 1. The van der Waals surface area contributed by atoms with Crippen LogP contribution in [0.1, 0.15) is 19.3 Å². The van der Waals surface area contributed by atoms with Gasteiger partial charge in [0.25, 0.3) is 0 Å². The number of carbonyl (C=O) groups is 1. The first-order chi connectivity index (χ1) is 5.38. The van der Waals surface area contributed by atoms with Crippen LogP contribution in [0.25, 0.3) is 0 Å². The largest absolute Gasteiger partial charge is 0.459 e. The van der Waals surface area contributed by atoms with Crippen molar-refractivity contribution in [3.63, 3.8) is 0 Å². The molecule has 0 spiro atoms. The molecule has 3 heteroatoms. The molecule has 2 nitrogen and oxygen atoms in total. The van der Waals surface area contributed by atoms with E-state index in [4.69, 9.17) is 4.74 Å². The zero-order valence-corrected chi connectivity index (χ0v) is 7.40. The predicted molar refractivity (Wildman–Crippen MR) is 46.5 cm³/mol. The highest BCUT2D eigenvalue weighted by Gasteiger charge is 2.33. The topological polar surface area (TPSA) is 26.3 Å². The predicted octanol–water partition coefficient (Wildman–Crippen LogP) is 1.38.